The smallest absolute Gasteiger partial charge is 0.287 e. The lowest BCUT2D eigenvalue weighted by Crippen LogP contribution is -2.29. The molecule has 7 heteroatoms. The molecule has 0 unspecified atom stereocenters. The second-order valence-corrected chi connectivity index (χ2v) is 6.95. The van der Waals surface area contributed by atoms with Crippen molar-refractivity contribution in [2.24, 2.45) is 0 Å². The molecule has 0 bridgehead atoms. The van der Waals surface area contributed by atoms with Crippen molar-refractivity contribution in [3.63, 3.8) is 0 Å². The van der Waals surface area contributed by atoms with Gasteiger partial charge in [0.25, 0.3) is 11.8 Å². The zero-order valence-corrected chi connectivity index (χ0v) is 16.6. The maximum atomic E-state index is 12.7. The number of carbonyl (C=O) groups is 2. The number of hydrogen-bond donors (Lipinski definition) is 2. The topological polar surface area (TPSA) is 85.2 Å². The van der Waals surface area contributed by atoms with Gasteiger partial charge in [-0.3, -0.25) is 9.59 Å². The largest absolute Gasteiger partial charge is 0.497 e. The molecule has 1 aromatic carbocycles. The monoisotopic (exact) mass is 384 g/mol. The van der Waals surface area contributed by atoms with Crippen molar-refractivity contribution < 1.29 is 14.3 Å². The van der Waals surface area contributed by atoms with Gasteiger partial charge in [-0.05, 0) is 49.8 Å². The number of amides is 2. The highest BCUT2D eigenvalue weighted by atomic mass is 16.5. The van der Waals surface area contributed by atoms with Crippen molar-refractivity contribution in [3.05, 3.63) is 47.0 Å². The first-order valence-electron chi connectivity index (χ1n) is 9.92. The molecule has 150 valence electrons. The van der Waals surface area contributed by atoms with E-state index in [1.54, 1.807) is 7.11 Å². The van der Waals surface area contributed by atoms with E-state index in [1.165, 1.54) is 0 Å². The molecule has 0 saturated heterocycles. The molecule has 1 aromatic heterocycles. The van der Waals surface area contributed by atoms with Gasteiger partial charge < -0.3 is 19.9 Å². The Bertz CT molecular complexity index is 844. The summed E-state index contributed by atoms with van der Waals surface area (Å²) in [5.74, 6) is 0.708. The molecule has 1 aliphatic heterocycles. The number of imidazole rings is 1. The van der Waals surface area contributed by atoms with Gasteiger partial charge in [0.05, 0.1) is 12.8 Å². The summed E-state index contributed by atoms with van der Waals surface area (Å²) in [5.41, 5.74) is 2.35. The van der Waals surface area contributed by atoms with Crippen molar-refractivity contribution >= 4 is 11.8 Å². The number of hydrogen-bond acceptors (Lipinski definition) is 4. The van der Waals surface area contributed by atoms with Crippen LogP contribution in [0.2, 0.25) is 0 Å². The van der Waals surface area contributed by atoms with Gasteiger partial charge in [0.1, 0.15) is 11.4 Å². The SMILES string of the molecule is CCCNC(=O)c1nc(C(=O)NCCc2cccc(OC)c2)n2c1CCCC2. The van der Waals surface area contributed by atoms with Crippen LogP contribution in [0, 0.1) is 0 Å². The van der Waals surface area contributed by atoms with Crippen molar-refractivity contribution in [2.75, 3.05) is 20.2 Å². The number of methoxy groups -OCH3 is 1. The summed E-state index contributed by atoms with van der Waals surface area (Å²) in [6.07, 6.45) is 4.33. The summed E-state index contributed by atoms with van der Waals surface area (Å²) in [7, 11) is 1.64. The van der Waals surface area contributed by atoms with E-state index in [0.717, 1.165) is 49.2 Å². The zero-order chi connectivity index (χ0) is 19.9. The fourth-order valence-corrected chi connectivity index (χ4v) is 3.45. The van der Waals surface area contributed by atoms with E-state index < -0.39 is 0 Å². The Labute approximate surface area is 165 Å². The third-order valence-electron chi connectivity index (χ3n) is 4.90. The molecule has 0 radical (unpaired) electrons. The molecule has 0 fully saturated rings. The number of benzene rings is 1. The van der Waals surface area contributed by atoms with Crippen molar-refractivity contribution in [2.45, 2.75) is 45.6 Å². The fourth-order valence-electron chi connectivity index (χ4n) is 3.45. The van der Waals surface area contributed by atoms with Crippen molar-refractivity contribution in [1.29, 1.82) is 0 Å². The Kier molecular flexibility index (Phi) is 6.68. The maximum absolute atomic E-state index is 12.7. The first-order chi connectivity index (χ1) is 13.6. The average molecular weight is 384 g/mol. The molecule has 0 atom stereocenters. The van der Waals surface area contributed by atoms with Crippen LogP contribution in [0.25, 0.3) is 0 Å². The second kappa shape index (κ2) is 9.39. The van der Waals surface area contributed by atoms with E-state index in [1.807, 2.05) is 35.8 Å². The quantitative estimate of drug-likeness (QED) is 0.732. The standard InChI is InChI=1S/C21H28N4O3/c1-3-11-22-20(26)18-17-9-4-5-13-25(17)19(24-18)21(27)23-12-10-15-7-6-8-16(14-15)28-2/h6-8,14H,3-5,9-13H2,1-2H3,(H,22,26)(H,23,27). The average Bonchev–Trinajstić information content (AvgIpc) is 3.12. The van der Waals surface area contributed by atoms with Crippen LogP contribution >= 0.6 is 0 Å². The third-order valence-corrected chi connectivity index (χ3v) is 4.90. The van der Waals surface area contributed by atoms with Crippen molar-refractivity contribution in [3.8, 4) is 5.75 Å². The van der Waals surface area contributed by atoms with E-state index in [-0.39, 0.29) is 11.8 Å². The maximum Gasteiger partial charge on any atom is 0.287 e. The van der Waals surface area contributed by atoms with E-state index in [0.29, 0.717) is 31.0 Å². The van der Waals surface area contributed by atoms with Crippen LogP contribution in [0.4, 0.5) is 0 Å². The molecular formula is C21H28N4O3. The lowest BCUT2D eigenvalue weighted by Gasteiger charge is -2.17. The first-order valence-corrected chi connectivity index (χ1v) is 9.92. The van der Waals surface area contributed by atoms with Gasteiger partial charge in [-0.15, -0.1) is 0 Å². The van der Waals surface area contributed by atoms with Crippen LogP contribution in [-0.2, 0) is 19.4 Å². The fraction of sp³-hybridized carbons (Fsp3) is 0.476. The Balaban J connectivity index is 1.68. The van der Waals surface area contributed by atoms with Crippen LogP contribution in [-0.4, -0.2) is 41.6 Å². The minimum Gasteiger partial charge on any atom is -0.497 e. The van der Waals surface area contributed by atoms with Crippen molar-refractivity contribution in [1.82, 2.24) is 20.2 Å². The Hall–Kier alpha value is -2.83. The molecule has 1 aliphatic rings. The molecule has 2 heterocycles. The molecule has 2 N–H and O–H groups in total. The number of nitrogens with zero attached hydrogens (tertiary/aromatic N) is 2. The molecular weight excluding hydrogens is 356 g/mol. The molecule has 7 nitrogen and oxygen atoms in total. The predicted octanol–water partition coefficient (Wildman–Crippen LogP) is 2.34. The normalized spacial score (nSPS) is 12.9. The summed E-state index contributed by atoms with van der Waals surface area (Å²) < 4.78 is 7.14. The Morgan fingerprint density at radius 2 is 2.00 bits per heavy atom. The van der Waals surface area contributed by atoms with Gasteiger partial charge in [0.2, 0.25) is 0 Å². The molecule has 2 amide bonds. The minimum atomic E-state index is -0.236. The predicted molar refractivity (Wildman–Crippen MR) is 107 cm³/mol. The lowest BCUT2D eigenvalue weighted by molar-refractivity contribution is 0.0938. The second-order valence-electron chi connectivity index (χ2n) is 6.95. The summed E-state index contributed by atoms with van der Waals surface area (Å²) >= 11 is 0. The van der Waals surface area contributed by atoms with E-state index in [2.05, 4.69) is 15.6 Å². The summed E-state index contributed by atoms with van der Waals surface area (Å²) in [6.45, 7) is 3.82. The molecule has 28 heavy (non-hydrogen) atoms. The van der Waals surface area contributed by atoms with Gasteiger partial charge in [-0.2, -0.15) is 0 Å². The highest BCUT2D eigenvalue weighted by molar-refractivity contribution is 5.97. The van der Waals surface area contributed by atoms with Gasteiger partial charge in [-0.1, -0.05) is 19.1 Å². The van der Waals surface area contributed by atoms with Gasteiger partial charge in [0.15, 0.2) is 5.82 Å². The zero-order valence-electron chi connectivity index (χ0n) is 16.6. The number of nitrogens with one attached hydrogen (secondary N) is 2. The molecule has 2 aromatic rings. The van der Waals surface area contributed by atoms with Gasteiger partial charge >= 0.3 is 0 Å². The van der Waals surface area contributed by atoms with E-state index >= 15 is 0 Å². The lowest BCUT2D eigenvalue weighted by atomic mass is 10.1. The number of ether oxygens (including phenoxy) is 1. The molecule has 0 saturated carbocycles. The summed E-state index contributed by atoms with van der Waals surface area (Å²) in [6, 6.07) is 7.79. The molecule has 3 rings (SSSR count). The number of aromatic nitrogens is 2. The van der Waals surface area contributed by atoms with E-state index in [4.69, 9.17) is 4.74 Å². The van der Waals surface area contributed by atoms with Crippen LogP contribution < -0.4 is 15.4 Å². The van der Waals surface area contributed by atoms with E-state index in [9.17, 15) is 9.59 Å². The Morgan fingerprint density at radius 3 is 2.79 bits per heavy atom. The van der Waals surface area contributed by atoms with Gasteiger partial charge in [0, 0.05) is 19.6 Å². The van der Waals surface area contributed by atoms with Crippen LogP contribution in [0.1, 0.15) is 58.6 Å². The number of fused-ring (bicyclic) bond motifs is 1. The van der Waals surface area contributed by atoms with Gasteiger partial charge in [-0.25, -0.2) is 4.98 Å². The van der Waals surface area contributed by atoms with Crippen LogP contribution in [0.15, 0.2) is 24.3 Å². The Morgan fingerprint density at radius 1 is 1.18 bits per heavy atom. The molecule has 0 spiro atoms. The first kappa shape index (κ1) is 19.9. The summed E-state index contributed by atoms with van der Waals surface area (Å²) in [5, 5.41) is 5.80. The third kappa shape index (κ3) is 4.52. The summed E-state index contributed by atoms with van der Waals surface area (Å²) in [4.78, 5) is 29.6. The number of carbonyl (C=O) groups excluding carboxylic acids is 2. The van der Waals surface area contributed by atoms with Crippen LogP contribution in [0.5, 0.6) is 5.75 Å². The highest BCUT2D eigenvalue weighted by Gasteiger charge is 2.27. The molecule has 0 aliphatic carbocycles. The highest BCUT2D eigenvalue weighted by Crippen LogP contribution is 2.21. The minimum absolute atomic E-state index is 0.192. The van der Waals surface area contributed by atoms with Crippen LogP contribution in [0.3, 0.4) is 0 Å². The number of rotatable bonds is 8.